The van der Waals surface area contributed by atoms with Gasteiger partial charge in [-0.15, -0.1) is 16.4 Å². The van der Waals surface area contributed by atoms with Crippen molar-refractivity contribution in [1.29, 1.82) is 0 Å². The first kappa shape index (κ1) is 21.4. The summed E-state index contributed by atoms with van der Waals surface area (Å²) < 4.78 is 7.41. The van der Waals surface area contributed by atoms with Crippen LogP contribution in [0.2, 0.25) is 10.0 Å². The number of nitrogens with zero attached hydrogens (tertiary/aromatic N) is 3. The van der Waals surface area contributed by atoms with Gasteiger partial charge in [-0.05, 0) is 42.1 Å². The molecule has 9 heteroatoms. The summed E-state index contributed by atoms with van der Waals surface area (Å²) in [6.07, 6.45) is 1.52. The molecule has 1 amide bonds. The van der Waals surface area contributed by atoms with E-state index in [9.17, 15) is 4.79 Å². The second kappa shape index (κ2) is 9.51. The Morgan fingerprint density at radius 3 is 2.71 bits per heavy atom. The number of benzene rings is 2. The lowest BCUT2D eigenvalue weighted by atomic mass is 10.2. The topological polar surface area (TPSA) is 69.0 Å². The highest BCUT2D eigenvalue weighted by molar-refractivity contribution is 7.12. The second-order valence-corrected chi connectivity index (χ2v) is 8.52. The van der Waals surface area contributed by atoms with Crippen molar-refractivity contribution in [3.05, 3.63) is 91.9 Å². The molecule has 2 aromatic heterocycles. The van der Waals surface area contributed by atoms with Crippen LogP contribution in [0, 0.1) is 6.92 Å². The summed E-state index contributed by atoms with van der Waals surface area (Å²) in [5.41, 5.74) is 2.73. The molecule has 1 N–H and O–H groups in total. The molecular weight excluding hydrogens is 455 g/mol. The van der Waals surface area contributed by atoms with Crippen LogP contribution >= 0.6 is 34.5 Å². The van der Waals surface area contributed by atoms with Gasteiger partial charge in [0.1, 0.15) is 18.7 Å². The van der Waals surface area contributed by atoms with Crippen molar-refractivity contribution >= 4 is 46.4 Å². The number of para-hydroxylation sites is 1. The summed E-state index contributed by atoms with van der Waals surface area (Å²) in [7, 11) is 0. The third kappa shape index (κ3) is 5.25. The quantitative estimate of drug-likeness (QED) is 0.367. The van der Waals surface area contributed by atoms with Crippen molar-refractivity contribution in [2.45, 2.75) is 20.1 Å². The molecular formula is C22H18Cl2N4O2S. The highest BCUT2D eigenvalue weighted by atomic mass is 35.5. The van der Waals surface area contributed by atoms with Crippen LogP contribution in [0.3, 0.4) is 0 Å². The van der Waals surface area contributed by atoms with Crippen molar-refractivity contribution in [1.82, 2.24) is 14.8 Å². The van der Waals surface area contributed by atoms with E-state index in [0.717, 1.165) is 22.4 Å². The molecule has 0 fully saturated rings. The van der Waals surface area contributed by atoms with Crippen molar-refractivity contribution in [3.8, 4) is 5.75 Å². The summed E-state index contributed by atoms with van der Waals surface area (Å²) in [5.74, 6) is 0.757. The molecule has 0 aliphatic rings. The van der Waals surface area contributed by atoms with Gasteiger partial charge in [0, 0.05) is 21.2 Å². The Labute approximate surface area is 193 Å². The SMILES string of the molecule is Cc1ccccc1OCc1csc(C(=O)Nc2ncn(Cc3c(Cl)cccc3Cl)n2)c1. The number of thiophene rings is 1. The van der Waals surface area contributed by atoms with Gasteiger partial charge in [-0.3, -0.25) is 10.1 Å². The van der Waals surface area contributed by atoms with E-state index in [0.29, 0.717) is 28.1 Å². The number of anilines is 1. The molecule has 0 unspecified atom stereocenters. The summed E-state index contributed by atoms with van der Waals surface area (Å²) in [5, 5.41) is 9.99. The maximum Gasteiger partial charge on any atom is 0.268 e. The van der Waals surface area contributed by atoms with E-state index in [1.54, 1.807) is 28.9 Å². The minimum Gasteiger partial charge on any atom is -0.489 e. The molecule has 0 atom stereocenters. The van der Waals surface area contributed by atoms with Crippen LogP contribution in [0.25, 0.3) is 0 Å². The van der Waals surface area contributed by atoms with Gasteiger partial charge in [-0.2, -0.15) is 0 Å². The average Bonchev–Trinajstić information content (AvgIpc) is 3.40. The molecule has 4 rings (SSSR count). The molecule has 6 nitrogen and oxygen atoms in total. The number of rotatable bonds is 7. The number of amides is 1. The number of halogens is 2. The third-order valence-electron chi connectivity index (χ3n) is 4.51. The Morgan fingerprint density at radius 2 is 1.94 bits per heavy atom. The summed E-state index contributed by atoms with van der Waals surface area (Å²) in [6.45, 7) is 2.73. The first-order valence-corrected chi connectivity index (χ1v) is 11.0. The highest BCUT2D eigenvalue weighted by Crippen LogP contribution is 2.25. The molecule has 0 radical (unpaired) electrons. The van der Waals surface area contributed by atoms with Crippen LogP contribution < -0.4 is 10.1 Å². The Kier molecular flexibility index (Phi) is 6.56. The predicted molar refractivity (Wildman–Crippen MR) is 123 cm³/mol. The molecule has 31 heavy (non-hydrogen) atoms. The van der Waals surface area contributed by atoms with Gasteiger partial charge in [0.2, 0.25) is 5.95 Å². The highest BCUT2D eigenvalue weighted by Gasteiger charge is 2.13. The smallest absolute Gasteiger partial charge is 0.268 e. The number of carbonyl (C=O) groups is 1. The molecule has 0 saturated carbocycles. The number of hydrogen-bond acceptors (Lipinski definition) is 5. The van der Waals surface area contributed by atoms with Crippen LogP contribution in [0.5, 0.6) is 5.75 Å². The lowest BCUT2D eigenvalue weighted by Crippen LogP contribution is -2.12. The second-order valence-electron chi connectivity index (χ2n) is 6.79. The number of hydrogen-bond donors (Lipinski definition) is 1. The fourth-order valence-corrected chi connectivity index (χ4v) is 4.20. The van der Waals surface area contributed by atoms with Crippen molar-refractivity contribution in [3.63, 3.8) is 0 Å². The molecule has 158 valence electrons. The summed E-state index contributed by atoms with van der Waals surface area (Å²) in [4.78, 5) is 17.3. The number of aryl methyl sites for hydroxylation is 1. The van der Waals surface area contributed by atoms with E-state index in [2.05, 4.69) is 15.4 Å². The van der Waals surface area contributed by atoms with E-state index < -0.39 is 0 Å². The normalized spacial score (nSPS) is 10.8. The van der Waals surface area contributed by atoms with E-state index >= 15 is 0 Å². The zero-order valence-electron chi connectivity index (χ0n) is 16.5. The van der Waals surface area contributed by atoms with Gasteiger partial charge in [0.05, 0.1) is 11.4 Å². The average molecular weight is 473 g/mol. The number of carbonyl (C=O) groups excluding carboxylic acids is 1. The lowest BCUT2D eigenvalue weighted by molar-refractivity contribution is 0.102. The van der Waals surface area contributed by atoms with Crippen molar-refractivity contribution in [2.75, 3.05) is 5.32 Å². The fraction of sp³-hybridized carbons (Fsp3) is 0.136. The number of nitrogens with one attached hydrogen (secondary N) is 1. The van der Waals surface area contributed by atoms with Gasteiger partial charge >= 0.3 is 0 Å². The number of ether oxygens (including phenoxy) is 1. The minimum absolute atomic E-state index is 0.208. The van der Waals surface area contributed by atoms with E-state index in [1.807, 2.05) is 36.6 Å². The summed E-state index contributed by atoms with van der Waals surface area (Å²) >= 11 is 13.7. The molecule has 2 heterocycles. The molecule has 0 spiro atoms. The molecule has 4 aromatic rings. The van der Waals surface area contributed by atoms with Gasteiger partial charge in [-0.1, -0.05) is 47.5 Å². The number of aromatic nitrogens is 3. The van der Waals surface area contributed by atoms with Crippen LogP contribution in [0.15, 0.2) is 60.2 Å². The third-order valence-corrected chi connectivity index (χ3v) is 6.20. The molecule has 0 aliphatic carbocycles. The Bertz CT molecular complexity index is 1200. The zero-order valence-corrected chi connectivity index (χ0v) is 18.8. The van der Waals surface area contributed by atoms with E-state index in [-0.39, 0.29) is 11.9 Å². The van der Waals surface area contributed by atoms with Crippen molar-refractivity contribution in [2.24, 2.45) is 0 Å². The van der Waals surface area contributed by atoms with Gasteiger partial charge in [-0.25, -0.2) is 9.67 Å². The first-order valence-electron chi connectivity index (χ1n) is 9.39. The molecule has 2 aromatic carbocycles. The fourth-order valence-electron chi connectivity index (χ4n) is 2.89. The van der Waals surface area contributed by atoms with E-state index in [1.165, 1.54) is 17.7 Å². The summed E-state index contributed by atoms with van der Waals surface area (Å²) in [6, 6.07) is 14.9. The van der Waals surface area contributed by atoms with Gasteiger partial charge in [0.25, 0.3) is 5.91 Å². The van der Waals surface area contributed by atoms with Crippen LogP contribution in [0.4, 0.5) is 5.95 Å². The van der Waals surface area contributed by atoms with Gasteiger partial charge in [0.15, 0.2) is 0 Å². The predicted octanol–water partition coefficient (Wildman–Crippen LogP) is 5.83. The van der Waals surface area contributed by atoms with Crippen LogP contribution in [-0.2, 0) is 13.2 Å². The zero-order chi connectivity index (χ0) is 21.8. The Balaban J connectivity index is 1.36. The lowest BCUT2D eigenvalue weighted by Gasteiger charge is -2.07. The van der Waals surface area contributed by atoms with Crippen molar-refractivity contribution < 1.29 is 9.53 Å². The molecule has 0 aliphatic heterocycles. The maximum atomic E-state index is 12.6. The standard InChI is InChI=1S/C22H18Cl2N4O2S/c1-14-5-2-3-8-19(14)30-11-15-9-20(31-12-15)21(29)26-22-25-13-28(27-22)10-16-17(23)6-4-7-18(16)24/h2-9,12-13H,10-11H2,1H3,(H,26,27,29). The van der Waals surface area contributed by atoms with Gasteiger partial charge < -0.3 is 4.74 Å². The Hall–Kier alpha value is -2.87. The first-order chi connectivity index (χ1) is 15.0. The van der Waals surface area contributed by atoms with Crippen LogP contribution in [-0.4, -0.2) is 20.7 Å². The minimum atomic E-state index is -0.277. The Morgan fingerprint density at radius 1 is 1.16 bits per heavy atom. The van der Waals surface area contributed by atoms with E-state index in [4.69, 9.17) is 27.9 Å². The van der Waals surface area contributed by atoms with Crippen LogP contribution in [0.1, 0.15) is 26.4 Å². The largest absolute Gasteiger partial charge is 0.489 e. The molecule has 0 bridgehead atoms. The molecule has 0 saturated heterocycles. The maximum absolute atomic E-state index is 12.6. The monoisotopic (exact) mass is 472 g/mol.